The molecule has 0 aromatic heterocycles. The summed E-state index contributed by atoms with van der Waals surface area (Å²) >= 11 is 5.15. The first-order valence-electron chi connectivity index (χ1n) is 2.21. The molecule has 0 saturated carbocycles. The normalized spacial score (nSPS) is 9.00. The van der Waals surface area contributed by atoms with Crippen molar-refractivity contribution in [3.05, 3.63) is 0 Å². The van der Waals surface area contributed by atoms with Crippen LogP contribution in [-0.4, -0.2) is 10.2 Å². The van der Waals surface area contributed by atoms with E-state index in [1.54, 1.807) is 18.5 Å². The van der Waals surface area contributed by atoms with Crippen LogP contribution in [0.5, 0.6) is 0 Å². The van der Waals surface area contributed by atoms with Gasteiger partial charge in [-0.15, -0.1) is 0 Å². The van der Waals surface area contributed by atoms with Gasteiger partial charge in [-0.05, 0) is 0 Å². The van der Waals surface area contributed by atoms with Gasteiger partial charge in [0.25, 0.3) is 0 Å². The Hall–Kier alpha value is 0.728. The Morgan fingerprint density at radius 3 is 2.33 bits per heavy atom. The average molecular weight is 245 g/mol. The monoisotopic (exact) mass is 247 g/mol. The van der Waals surface area contributed by atoms with Crippen molar-refractivity contribution in [2.75, 3.05) is 0 Å². The van der Waals surface area contributed by atoms with Crippen molar-refractivity contribution in [1.82, 2.24) is 0 Å². The summed E-state index contributed by atoms with van der Waals surface area (Å²) < 4.78 is 0. The van der Waals surface area contributed by atoms with Gasteiger partial charge in [-0.3, -0.25) is 0 Å². The van der Waals surface area contributed by atoms with Gasteiger partial charge in [0.05, 0.1) is 0 Å². The number of thiol groups is 1. The topological polar surface area (TPSA) is 34.1 Å². The first-order valence-corrected chi connectivity index (χ1v) is 5.86. The fourth-order valence-electron chi connectivity index (χ4n) is 0.251. The molecule has 0 aliphatic heterocycles. The van der Waals surface area contributed by atoms with E-state index in [2.05, 4.69) is 12.6 Å². The summed E-state index contributed by atoms with van der Waals surface area (Å²) in [5.41, 5.74) is 0. The maximum absolute atomic E-state index is 10.5. The third-order valence-electron chi connectivity index (χ3n) is 0.636. The molecule has 2 nitrogen and oxygen atoms in total. The van der Waals surface area contributed by atoms with Gasteiger partial charge in [0.1, 0.15) is 0 Å². The first-order chi connectivity index (χ1) is 4.16. The molecule has 0 heterocycles. The molecule has 0 saturated heterocycles. The number of hydrogen-bond acceptors (Lipinski definition) is 3. The third-order valence-corrected chi connectivity index (χ3v) is 2.62. The molecule has 9 heavy (non-hydrogen) atoms. The molecule has 0 spiro atoms. The van der Waals surface area contributed by atoms with Crippen LogP contribution in [0.1, 0.15) is 12.8 Å². The molecule has 0 radical (unpaired) electrons. The van der Waals surface area contributed by atoms with Crippen molar-refractivity contribution in [3.63, 3.8) is 0 Å². The molecule has 0 unspecified atom stereocenters. The van der Waals surface area contributed by atoms with Crippen molar-refractivity contribution < 1.29 is 28.1 Å². The number of carbonyl (C=O) groups is 2. The van der Waals surface area contributed by atoms with E-state index in [1.165, 1.54) is 0 Å². The summed E-state index contributed by atoms with van der Waals surface area (Å²) in [6.07, 6.45) is 0.566. The van der Waals surface area contributed by atoms with Crippen molar-refractivity contribution in [2.24, 2.45) is 0 Å². The fraction of sp³-hybridized carbons (Fsp3) is 0.500. The summed E-state index contributed by atoms with van der Waals surface area (Å²) in [6, 6.07) is 0. The number of hydrogen-bond donors (Lipinski definition) is 1. The molecule has 0 rings (SSSR count). The quantitative estimate of drug-likeness (QED) is 0.593. The Labute approximate surface area is 73.2 Å². The van der Waals surface area contributed by atoms with Crippen LogP contribution in [0.4, 0.5) is 0 Å². The molecule has 51 valence electrons. The zero-order valence-corrected chi connectivity index (χ0v) is 8.21. The van der Waals surface area contributed by atoms with Gasteiger partial charge in [0.2, 0.25) is 0 Å². The van der Waals surface area contributed by atoms with Gasteiger partial charge >= 0.3 is 73.3 Å². The van der Waals surface area contributed by atoms with E-state index >= 15 is 0 Å². The minimum atomic E-state index is -0.224. The van der Waals surface area contributed by atoms with Gasteiger partial charge in [-0.25, -0.2) is 0 Å². The summed E-state index contributed by atoms with van der Waals surface area (Å²) in [7, 11) is 1.15. The molecule has 0 amide bonds. The molecule has 0 N–H and O–H groups in total. The maximum atomic E-state index is 10.5. The molecule has 0 aliphatic rings. The van der Waals surface area contributed by atoms with Crippen LogP contribution < -0.4 is 0 Å². The zero-order chi connectivity index (χ0) is 7.28. The standard InChI is InChI=1S/C4H6O2S2.Mo/c5-3(7)1-2-4(6)8;/h1-2H2,(H,5,7)(H,6,8);/q;+1/p-1. The molecular weight excluding hydrogens is 240 g/mol. The van der Waals surface area contributed by atoms with E-state index in [9.17, 15) is 9.59 Å². The second-order valence-corrected chi connectivity index (χ2v) is 3.70. The Kier molecular flexibility index (Phi) is 5.95. The second-order valence-electron chi connectivity index (χ2n) is 1.35. The van der Waals surface area contributed by atoms with Crippen molar-refractivity contribution in [2.45, 2.75) is 12.8 Å². The molecule has 0 aromatic carbocycles. The fourth-order valence-corrected chi connectivity index (χ4v) is 1.16. The van der Waals surface area contributed by atoms with Gasteiger partial charge in [-0.2, -0.15) is 0 Å². The first kappa shape index (κ1) is 9.73. The van der Waals surface area contributed by atoms with Crippen LogP contribution in [-0.2, 0) is 28.1 Å². The zero-order valence-electron chi connectivity index (χ0n) is 4.49. The van der Waals surface area contributed by atoms with E-state index < -0.39 is 0 Å². The van der Waals surface area contributed by atoms with E-state index in [4.69, 9.17) is 0 Å². The average Bonchev–Trinajstić information content (AvgIpc) is 1.83. The van der Waals surface area contributed by atoms with Crippen LogP contribution in [0.25, 0.3) is 0 Å². The summed E-state index contributed by atoms with van der Waals surface area (Å²) in [4.78, 5) is 20.7. The van der Waals surface area contributed by atoms with Crippen molar-refractivity contribution in [3.8, 4) is 0 Å². The summed E-state index contributed by atoms with van der Waals surface area (Å²) in [6.45, 7) is 0. The summed E-state index contributed by atoms with van der Waals surface area (Å²) in [5.74, 6) is 0. The van der Waals surface area contributed by atoms with Crippen LogP contribution in [0.15, 0.2) is 0 Å². The van der Waals surface area contributed by atoms with Crippen molar-refractivity contribution in [1.29, 1.82) is 0 Å². The number of carbonyl (C=O) groups excluding carboxylic acids is 2. The molecular formula is C4H5MoO2S2. The van der Waals surface area contributed by atoms with Crippen LogP contribution in [0.2, 0.25) is 0 Å². The van der Waals surface area contributed by atoms with Crippen LogP contribution in [0, 0.1) is 0 Å². The number of rotatable bonds is 3. The van der Waals surface area contributed by atoms with E-state index in [1.807, 2.05) is 0 Å². The Balaban J connectivity index is 3.28. The predicted octanol–water partition coefficient (Wildman–Crippen LogP) is 0.945. The van der Waals surface area contributed by atoms with Gasteiger partial charge < -0.3 is 0 Å². The van der Waals surface area contributed by atoms with Gasteiger partial charge in [0, 0.05) is 0 Å². The van der Waals surface area contributed by atoms with E-state index in [-0.39, 0.29) is 16.7 Å². The molecule has 0 atom stereocenters. The van der Waals surface area contributed by atoms with E-state index in [0.717, 1.165) is 9.47 Å². The molecule has 0 fully saturated rings. The Bertz CT molecular complexity index is 126. The predicted molar refractivity (Wildman–Crippen MR) is 35.8 cm³/mol. The molecule has 0 aliphatic carbocycles. The van der Waals surface area contributed by atoms with E-state index in [0.29, 0.717) is 6.42 Å². The SMILES string of the molecule is O=C(S)CCC(=O)[S][Mo]. The Morgan fingerprint density at radius 2 is 2.00 bits per heavy atom. The van der Waals surface area contributed by atoms with Crippen LogP contribution in [0.3, 0.4) is 0 Å². The molecule has 0 bridgehead atoms. The summed E-state index contributed by atoms with van der Waals surface area (Å²) in [5, 5.41) is -0.180. The van der Waals surface area contributed by atoms with Crippen molar-refractivity contribution >= 4 is 32.3 Å². The third kappa shape index (κ3) is 6.62. The second kappa shape index (κ2) is 5.51. The van der Waals surface area contributed by atoms with Crippen LogP contribution >= 0.6 is 22.1 Å². The van der Waals surface area contributed by atoms with Gasteiger partial charge in [0.15, 0.2) is 0 Å². The molecule has 5 heteroatoms. The minimum absolute atomic E-state index is 0.0437. The molecule has 0 aromatic rings. The Morgan fingerprint density at radius 1 is 1.44 bits per heavy atom. The van der Waals surface area contributed by atoms with Gasteiger partial charge in [-0.1, -0.05) is 0 Å².